The Labute approximate surface area is 122 Å². The van der Waals surface area contributed by atoms with E-state index in [9.17, 15) is 5.26 Å². The molecule has 0 aliphatic heterocycles. The van der Waals surface area contributed by atoms with Crippen LogP contribution in [-0.4, -0.2) is 22.1 Å². The second-order valence-electron chi connectivity index (χ2n) is 5.38. The molecule has 0 atom stereocenters. The van der Waals surface area contributed by atoms with Gasteiger partial charge in [0.15, 0.2) is 5.69 Å². The van der Waals surface area contributed by atoms with E-state index in [-0.39, 0.29) is 5.41 Å². The molecular weight excluding hydrogens is 276 g/mol. The van der Waals surface area contributed by atoms with Gasteiger partial charge in [-0.15, -0.1) is 5.10 Å². The highest BCUT2D eigenvalue weighted by molar-refractivity contribution is 6.30. The van der Waals surface area contributed by atoms with Gasteiger partial charge in [-0.25, -0.2) is 4.68 Å². The summed E-state index contributed by atoms with van der Waals surface area (Å²) in [6.45, 7) is 6.00. The summed E-state index contributed by atoms with van der Waals surface area (Å²) in [6.07, 6.45) is 0. The molecule has 1 aromatic heterocycles. The second-order valence-corrected chi connectivity index (χ2v) is 5.81. The summed E-state index contributed by atoms with van der Waals surface area (Å²) in [5.41, 5.74) is 1.40. The molecule has 0 saturated heterocycles. The maximum Gasteiger partial charge on any atom is 0.186 e. The first-order chi connectivity index (χ1) is 9.38. The summed E-state index contributed by atoms with van der Waals surface area (Å²) in [5, 5.41) is 17.8. The Morgan fingerprint density at radius 1 is 1.35 bits per heavy atom. The van der Waals surface area contributed by atoms with Crippen LogP contribution in [0.1, 0.15) is 32.2 Å². The van der Waals surface area contributed by atoms with Crippen molar-refractivity contribution in [2.75, 3.05) is 7.11 Å². The highest BCUT2D eigenvalue weighted by Crippen LogP contribution is 2.32. The minimum Gasteiger partial charge on any atom is -0.494 e. The van der Waals surface area contributed by atoms with Crippen LogP contribution < -0.4 is 4.74 Å². The van der Waals surface area contributed by atoms with Gasteiger partial charge in [0.1, 0.15) is 17.5 Å². The maximum atomic E-state index is 9.20. The average molecular weight is 291 g/mol. The molecule has 104 valence electrons. The van der Waals surface area contributed by atoms with E-state index in [0.717, 1.165) is 5.69 Å². The molecule has 1 heterocycles. The molecule has 0 amide bonds. The van der Waals surface area contributed by atoms with Gasteiger partial charge < -0.3 is 4.74 Å². The van der Waals surface area contributed by atoms with Crippen molar-refractivity contribution in [3.05, 3.63) is 34.6 Å². The Bertz CT molecular complexity index is 679. The zero-order valence-electron chi connectivity index (χ0n) is 11.8. The Hall–Kier alpha value is -2.06. The SMILES string of the molecule is COc1ccc(Cl)cc1-n1nnc(C#N)c1C(C)(C)C. The van der Waals surface area contributed by atoms with E-state index >= 15 is 0 Å². The van der Waals surface area contributed by atoms with E-state index in [1.807, 2.05) is 20.8 Å². The average Bonchev–Trinajstić information content (AvgIpc) is 2.82. The smallest absolute Gasteiger partial charge is 0.186 e. The molecule has 0 aliphatic carbocycles. The van der Waals surface area contributed by atoms with Crippen molar-refractivity contribution in [3.63, 3.8) is 0 Å². The molecule has 0 radical (unpaired) electrons. The number of nitriles is 1. The summed E-state index contributed by atoms with van der Waals surface area (Å²) in [7, 11) is 1.58. The number of aromatic nitrogens is 3. The minimum absolute atomic E-state index is 0.290. The lowest BCUT2D eigenvalue weighted by molar-refractivity contribution is 0.409. The van der Waals surface area contributed by atoms with Crippen LogP contribution in [0.25, 0.3) is 5.69 Å². The molecule has 0 fully saturated rings. The van der Waals surface area contributed by atoms with Crippen molar-refractivity contribution >= 4 is 11.6 Å². The third kappa shape index (κ3) is 2.47. The van der Waals surface area contributed by atoms with Crippen molar-refractivity contribution in [1.29, 1.82) is 5.26 Å². The van der Waals surface area contributed by atoms with E-state index in [2.05, 4.69) is 16.4 Å². The number of nitrogens with zero attached hydrogens (tertiary/aromatic N) is 4. The Kier molecular flexibility index (Phi) is 3.69. The van der Waals surface area contributed by atoms with Crippen molar-refractivity contribution < 1.29 is 4.74 Å². The first-order valence-electron chi connectivity index (χ1n) is 6.08. The molecule has 2 aromatic rings. The Morgan fingerprint density at radius 3 is 2.60 bits per heavy atom. The highest BCUT2D eigenvalue weighted by Gasteiger charge is 2.27. The minimum atomic E-state index is -0.290. The zero-order chi connectivity index (χ0) is 14.9. The van der Waals surface area contributed by atoms with Crippen molar-refractivity contribution in [3.8, 4) is 17.5 Å². The molecule has 6 heteroatoms. The number of rotatable bonds is 2. The van der Waals surface area contributed by atoms with E-state index in [0.29, 0.717) is 22.2 Å². The van der Waals surface area contributed by atoms with E-state index in [1.54, 1.807) is 30.0 Å². The number of methoxy groups -OCH3 is 1. The van der Waals surface area contributed by atoms with Gasteiger partial charge in [-0.1, -0.05) is 37.6 Å². The molecule has 20 heavy (non-hydrogen) atoms. The number of hydrogen-bond acceptors (Lipinski definition) is 4. The van der Waals surface area contributed by atoms with Gasteiger partial charge in [0.05, 0.1) is 12.8 Å². The van der Waals surface area contributed by atoms with Gasteiger partial charge in [0, 0.05) is 10.4 Å². The molecule has 2 rings (SSSR count). The highest BCUT2D eigenvalue weighted by atomic mass is 35.5. The largest absolute Gasteiger partial charge is 0.494 e. The van der Waals surface area contributed by atoms with Crippen LogP contribution in [0.3, 0.4) is 0 Å². The van der Waals surface area contributed by atoms with Gasteiger partial charge in [-0.3, -0.25) is 0 Å². The molecule has 0 saturated carbocycles. The summed E-state index contributed by atoms with van der Waals surface area (Å²) in [4.78, 5) is 0. The lowest BCUT2D eigenvalue weighted by atomic mass is 9.90. The fourth-order valence-electron chi connectivity index (χ4n) is 2.03. The third-order valence-corrected chi connectivity index (χ3v) is 3.09. The molecule has 0 unspecified atom stereocenters. The summed E-state index contributed by atoms with van der Waals surface area (Å²) in [6, 6.07) is 7.32. The van der Waals surface area contributed by atoms with Crippen LogP contribution in [0.5, 0.6) is 5.75 Å². The predicted molar refractivity (Wildman–Crippen MR) is 76.3 cm³/mol. The number of benzene rings is 1. The molecule has 0 spiro atoms. The van der Waals surface area contributed by atoms with E-state index in [4.69, 9.17) is 16.3 Å². The standard InChI is InChI=1S/C14H15ClN4O/c1-14(2,3)13-10(8-16)17-18-19(13)11-7-9(15)5-6-12(11)20-4/h5-7H,1-4H3. The first kappa shape index (κ1) is 14.4. The Morgan fingerprint density at radius 2 is 2.05 bits per heavy atom. The van der Waals surface area contributed by atoms with Gasteiger partial charge in [-0.05, 0) is 18.2 Å². The van der Waals surface area contributed by atoms with Gasteiger partial charge in [0.2, 0.25) is 0 Å². The third-order valence-electron chi connectivity index (χ3n) is 2.86. The van der Waals surface area contributed by atoms with Crippen LogP contribution in [0.15, 0.2) is 18.2 Å². The monoisotopic (exact) mass is 290 g/mol. The lowest BCUT2D eigenvalue weighted by Crippen LogP contribution is -2.19. The summed E-state index contributed by atoms with van der Waals surface area (Å²) >= 11 is 6.05. The molecule has 0 bridgehead atoms. The van der Waals surface area contributed by atoms with Crippen molar-refractivity contribution in [2.24, 2.45) is 0 Å². The van der Waals surface area contributed by atoms with Gasteiger partial charge in [0.25, 0.3) is 0 Å². The predicted octanol–water partition coefficient (Wildman–Crippen LogP) is 3.10. The summed E-state index contributed by atoms with van der Waals surface area (Å²) < 4.78 is 6.95. The fourth-order valence-corrected chi connectivity index (χ4v) is 2.19. The molecule has 0 N–H and O–H groups in total. The van der Waals surface area contributed by atoms with Crippen LogP contribution in [0.4, 0.5) is 0 Å². The first-order valence-corrected chi connectivity index (χ1v) is 6.46. The zero-order valence-corrected chi connectivity index (χ0v) is 12.6. The van der Waals surface area contributed by atoms with Crippen molar-refractivity contribution in [1.82, 2.24) is 15.0 Å². The quantitative estimate of drug-likeness (QED) is 0.852. The van der Waals surface area contributed by atoms with E-state index < -0.39 is 0 Å². The Balaban J connectivity index is 2.75. The van der Waals surface area contributed by atoms with Crippen LogP contribution in [0.2, 0.25) is 5.02 Å². The van der Waals surface area contributed by atoms with E-state index in [1.165, 1.54) is 0 Å². The lowest BCUT2D eigenvalue weighted by Gasteiger charge is -2.20. The molecule has 5 nitrogen and oxygen atoms in total. The van der Waals surface area contributed by atoms with Gasteiger partial charge in [-0.2, -0.15) is 5.26 Å². The summed E-state index contributed by atoms with van der Waals surface area (Å²) in [5.74, 6) is 0.620. The number of halogens is 1. The van der Waals surface area contributed by atoms with Crippen LogP contribution >= 0.6 is 11.6 Å². The topological polar surface area (TPSA) is 63.7 Å². The molecule has 0 aliphatic rings. The van der Waals surface area contributed by atoms with Crippen LogP contribution in [0, 0.1) is 11.3 Å². The van der Waals surface area contributed by atoms with Gasteiger partial charge >= 0.3 is 0 Å². The fraction of sp³-hybridized carbons (Fsp3) is 0.357. The number of ether oxygens (including phenoxy) is 1. The van der Waals surface area contributed by atoms with Crippen molar-refractivity contribution in [2.45, 2.75) is 26.2 Å². The maximum absolute atomic E-state index is 9.20. The van der Waals surface area contributed by atoms with Crippen LogP contribution in [-0.2, 0) is 5.41 Å². The molecule has 1 aromatic carbocycles. The normalized spacial score (nSPS) is 11.2. The number of hydrogen-bond donors (Lipinski definition) is 0. The molecular formula is C14H15ClN4O. The second kappa shape index (κ2) is 5.14.